The molecule has 1 aliphatic carbocycles. The molecule has 2 heterocycles. The fourth-order valence-corrected chi connectivity index (χ4v) is 2.63. The normalized spacial score (nSPS) is 18.2. The van der Waals surface area contributed by atoms with Crippen molar-refractivity contribution in [3.05, 3.63) is 35.8 Å². The van der Waals surface area contributed by atoms with Crippen LogP contribution in [-0.2, 0) is 16.6 Å². The highest BCUT2D eigenvalue weighted by molar-refractivity contribution is 5.99. The minimum Gasteiger partial charge on any atom is -0.341 e. The molecule has 2 N–H and O–H groups in total. The Balaban J connectivity index is 1.71. The fraction of sp³-hybridized carbons (Fsp3) is 0.267. The maximum atomic E-state index is 11.4. The molecule has 0 saturated heterocycles. The van der Waals surface area contributed by atoms with E-state index in [4.69, 9.17) is 0 Å². The van der Waals surface area contributed by atoms with Gasteiger partial charge in [-0.25, -0.2) is 4.98 Å². The Morgan fingerprint density at radius 3 is 2.95 bits per heavy atom. The first-order chi connectivity index (χ1) is 9.70. The molecule has 20 heavy (non-hydrogen) atoms. The molecular formula is C15H12N4O. The smallest absolute Gasteiger partial charge is 0.228 e. The number of rotatable bonds is 2. The molecule has 98 valence electrons. The Labute approximate surface area is 115 Å². The summed E-state index contributed by atoms with van der Waals surface area (Å²) in [7, 11) is 0. The van der Waals surface area contributed by atoms with Gasteiger partial charge in [0.15, 0.2) is 0 Å². The second kappa shape index (κ2) is 3.70. The Bertz CT molecular complexity index is 764. The number of nitrogens with one attached hydrogen (secondary N) is 2. The first-order valence-electron chi connectivity index (χ1n) is 6.60. The monoisotopic (exact) mass is 264 g/mol. The van der Waals surface area contributed by atoms with Gasteiger partial charge >= 0.3 is 0 Å². The van der Waals surface area contributed by atoms with Gasteiger partial charge in [-0.1, -0.05) is 6.07 Å². The highest BCUT2D eigenvalue weighted by Gasteiger charge is 2.47. The molecule has 1 aromatic heterocycles. The van der Waals surface area contributed by atoms with Crippen LogP contribution in [0.4, 0.5) is 5.69 Å². The van der Waals surface area contributed by atoms with Crippen LogP contribution in [0.5, 0.6) is 0 Å². The van der Waals surface area contributed by atoms with Gasteiger partial charge in [0.1, 0.15) is 11.2 Å². The van der Waals surface area contributed by atoms with Crippen molar-refractivity contribution >= 4 is 11.6 Å². The molecule has 2 aromatic rings. The quantitative estimate of drug-likeness (QED) is 0.871. The van der Waals surface area contributed by atoms with Crippen LogP contribution in [0.3, 0.4) is 0 Å². The molecule has 0 unspecified atom stereocenters. The Hall–Kier alpha value is -2.61. The lowest BCUT2D eigenvalue weighted by molar-refractivity contribution is -0.115. The molecular weight excluding hydrogens is 252 g/mol. The number of benzene rings is 1. The van der Waals surface area contributed by atoms with Gasteiger partial charge in [0.2, 0.25) is 5.91 Å². The lowest BCUT2D eigenvalue weighted by atomic mass is 10.1. The number of nitriles is 1. The standard InChI is InChI=1S/C15H12N4O/c16-8-15(3-4-15)14-17-7-12(19-14)9-1-2-11-10(5-9)6-13(20)18-11/h1-2,5,7H,3-4,6H2,(H,17,19)(H,18,20). The maximum Gasteiger partial charge on any atom is 0.228 e. The van der Waals surface area contributed by atoms with E-state index in [0.29, 0.717) is 6.42 Å². The molecule has 1 aromatic carbocycles. The van der Waals surface area contributed by atoms with Gasteiger partial charge in [0, 0.05) is 5.69 Å². The first-order valence-corrected chi connectivity index (χ1v) is 6.60. The van der Waals surface area contributed by atoms with Crippen molar-refractivity contribution in [2.75, 3.05) is 5.32 Å². The largest absolute Gasteiger partial charge is 0.341 e. The Morgan fingerprint density at radius 1 is 1.35 bits per heavy atom. The summed E-state index contributed by atoms with van der Waals surface area (Å²) in [6.07, 6.45) is 3.93. The van der Waals surface area contributed by atoms with Gasteiger partial charge in [-0.15, -0.1) is 0 Å². The second-order valence-electron chi connectivity index (χ2n) is 5.44. The third kappa shape index (κ3) is 1.55. The summed E-state index contributed by atoms with van der Waals surface area (Å²) in [5, 5.41) is 12.0. The number of imidazole rings is 1. The SMILES string of the molecule is N#CC1(c2ncc(-c3ccc4c(c3)CC(=O)N4)[nH]2)CC1. The van der Waals surface area contributed by atoms with Crippen LogP contribution in [0, 0.1) is 11.3 Å². The van der Waals surface area contributed by atoms with E-state index in [0.717, 1.165) is 41.2 Å². The van der Waals surface area contributed by atoms with E-state index in [1.807, 2.05) is 18.2 Å². The molecule has 0 spiro atoms. The number of hydrogen-bond donors (Lipinski definition) is 2. The van der Waals surface area contributed by atoms with Crippen molar-refractivity contribution in [2.24, 2.45) is 0 Å². The van der Waals surface area contributed by atoms with E-state index in [1.165, 1.54) is 0 Å². The zero-order valence-corrected chi connectivity index (χ0v) is 10.7. The van der Waals surface area contributed by atoms with Crippen LogP contribution in [0.25, 0.3) is 11.3 Å². The predicted molar refractivity (Wildman–Crippen MR) is 72.9 cm³/mol. The summed E-state index contributed by atoms with van der Waals surface area (Å²) in [5.74, 6) is 0.786. The minimum atomic E-state index is -0.396. The van der Waals surface area contributed by atoms with Crippen LogP contribution in [-0.4, -0.2) is 15.9 Å². The van der Waals surface area contributed by atoms with Gasteiger partial charge in [-0.3, -0.25) is 4.79 Å². The van der Waals surface area contributed by atoms with Crippen LogP contribution < -0.4 is 5.32 Å². The molecule has 0 bridgehead atoms. The van der Waals surface area contributed by atoms with Gasteiger partial charge < -0.3 is 10.3 Å². The summed E-state index contributed by atoms with van der Waals surface area (Å²) in [6, 6.07) is 8.19. The number of nitrogens with zero attached hydrogens (tertiary/aromatic N) is 2. The zero-order valence-electron chi connectivity index (χ0n) is 10.7. The van der Waals surface area contributed by atoms with Crippen LogP contribution >= 0.6 is 0 Å². The van der Waals surface area contributed by atoms with Crippen molar-refractivity contribution in [3.63, 3.8) is 0 Å². The number of aromatic nitrogens is 2. The third-order valence-electron chi connectivity index (χ3n) is 4.03. The number of H-pyrrole nitrogens is 1. The fourth-order valence-electron chi connectivity index (χ4n) is 2.63. The van der Waals surface area contributed by atoms with Crippen molar-refractivity contribution in [1.29, 1.82) is 5.26 Å². The second-order valence-corrected chi connectivity index (χ2v) is 5.44. The average molecular weight is 264 g/mol. The van der Waals surface area contributed by atoms with Crippen LogP contribution in [0.15, 0.2) is 24.4 Å². The Kier molecular flexibility index (Phi) is 2.08. The number of hydrogen-bond acceptors (Lipinski definition) is 3. The summed E-state index contributed by atoms with van der Waals surface area (Å²) < 4.78 is 0. The van der Waals surface area contributed by atoms with E-state index in [2.05, 4.69) is 21.4 Å². The lowest BCUT2D eigenvalue weighted by Crippen LogP contribution is -2.04. The third-order valence-corrected chi connectivity index (χ3v) is 4.03. The van der Waals surface area contributed by atoms with E-state index in [-0.39, 0.29) is 5.91 Å². The predicted octanol–water partition coefficient (Wildman–Crippen LogP) is 2.13. The summed E-state index contributed by atoms with van der Waals surface area (Å²) in [4.78, 5) is 19.0. The van der Waals surface area contributed by atoms with Crippen molar-refractivity contribution in [2.45, 2.75) is 24.7 Å². The summed E-state index contributed by atoms with van der Waals surface area (Å²) >= 11 is 0. The molecule has 1 fully saturated rings. The van der Waals surface area contributed by atoms with E-state index in [1.54, 1.807) is 6.20 Å². The lowest BCUT2D eigenvalue weighted by Gasteiger charge is -2.03. The van der Waals surface area contributed by atoms with Gasteiger partial charge in [-0.2, -0.15) is 5.26 Å². The van der Waals surface area contributed by atoms with E-state index < -0.39 is 5.41 Å². The number of aromatic amines is 1. The molecule has 1 saturated carbocycles. The topological polar surface area (TPSA) is 81.6 Å². The average Bonchev–Trinajstić information content (AvgIpc) is 2.93. The zero-order chi connectivity index (χ0) is 13.7. The molecule has 0 atom stereocenters. The van der Waals surface area contributed by atoms with Crippen molar-refractivity contribution in [1.82, 2.24) is 9.97 Å². The molecule has 5 heteroatoms. The number of carbonyl (C=O) groups excluding carboxylic acids is 1. The number of carbonyl (C=O) groups is 1. The van der Waals surface area contributed by atoms with Gasteiger partial charge in [0.05, 0.1) is 24.4 Å². The number of amides is 1. The molecule has 4 rings (SSSR count). The van der Waals surface area contributed by atoms with E-state index in [9.17, 15) is 10.1 Å². The summed E-state index contributed by atoms with van der Waals surface area (Å²) in [5.41, 5.74) is 3.38. The van der Waals surface area contributed by atoms with Crippen LogP contribution in [0.2, 0.25) is 0 Å². The van der Waals surface area contributed by atoms with Crippen molar-refractivity contribution in [3.8, 4) is 17.3 Å². The molecule has 1 amide bonds. The number of anilines is 1. The molecule has 2 aliphatic rings. The Morgan fingerprint density at radius 2 is 2.20 bits per heavy atom. The van der Waals surface area contributed by atoms with Gasteiger partial charge in [-0.05, 0) is 36.1 Å². The van der Waals surface area contributed by atoms with E-state index >= 15 is 0 Å². The highest BCUT2D eigenvalue weighted by Crippen LogP contribution is 2.46. The summed E-state index contributed by atoms with van der Waals surface area (Å²) in [6.45, 7) is 0. The molecule has 1 aliphatic heterocycles. The first kappa shape index (κ1) is 11.2. The number of fused-ring (bicyclic) bond motifs is 1. The minimum absolute atomic E-state index is 0.0314. The molecule has 0 radical (unpaired) electrons. The highest BCUT2D eigenvalue weighted by atomic mass is 16.1. The maximum absolute atomic E-state index is 11.4. The van der Waals surface area contributed by atoms with Crippen molar-refractivity contribution < 1.29 is 4.79 Å². The van der Waals surface area contributed by atoms with Crippen LogP contribution in [0.1, 0.15) is 24.2 Å². The van der Waals surface area contributed by atoms with Gasteiger partial charge in [0.25, 0.3) is 0 Å². The molecule has 5 nitrogen and oxygen atoms in total.